The third-order valence-electron chi connectivity index (χ3n) is 5.01. The van der Waals surface area contributed by atoms with Crippen LogP contribution >= 0.6 is 0 Å². The number of nitrogens with one attached hydrogen (secondary N) is 1. The molecule has 1 aliphatic rings. The van der Waals surface area contributed by atoms with Gasteiger partial charge in [-0.3, -0.25) is 4.90 Å². The molecule has 6 heteroatoms. The molecule has 1 aliphatic heterocycles. The van der Waals surface area contributed by atoms with Crippen LogP contribution in [0.4, 0.5) is 5.82 Å². The van der Waals surface area contributed by atoms with Crippen LogP contribution in [0.2, 0.25) is 0 Å². The Bertz CT molecular complexity index is 900. The van der Waals surface area contributed by atoms with Crippen LogP contribution < -0.4 is 5.32 Å². The average molecular weight is 336 g/mol. The Balaban J connectivity index is 1.63. The van der Waals surface area contributed by atoms with E-state index in [4.69, 9.17) is 4.98 Å². The van der Waals surface area contributed by atoms with Crippen LogP contribution in [0, 0.1) is 13.8 Å². The molecule has 1 atom stereocenters. The number of aryl methyl sites for hydroxylation is 2. The summed E-state index contributed by atoms with van der Waals surface area (Å²) >= 11 is 0. The molecule has 0 spiro atoms. The van der Waals surface area contributed by atoms with Gasteiger partial charge in [0, 0.05) is 42.8 Å². The Morgan fingerprint density at radius 3 is 3.00 bits per heavy atom. The zero-order chi connectivity index (χ0) is 17.4. The van der Waals surface area contributed by atoms with Crippen LogP contribution in [-0.2, 0) is 6.54 Å². The topological polar surface area (TPSA) is 58.4 Å². The van der Waals surface area contributed by atoms with Crippen LogP contribution in [-0.4, -0.2) is 38.1 Å². The molecule has 4 rings (SSSR count). The van der Waals surface area contributed by atoms with Crippen molar-refractivity contribution in [1.82, 2.24) is 24.5 Å². The number of hydrogen-bond acceptors (Lipinski definition) is 5. The van der Waals surface area contributed by atoms with Crippen LogP contribution in [0.25, 0.3) is 5.65 Å². The molecule has 1 saturated heterocycles. The highest BCUT2D eigenvalue weighted by molar-refractivity contribution is 5.48. The minimum Gasteiger partial charge on any atom is -0.373 e. The summed E-state index contributed by atoms with van der Waals surface area (Å²) in [5, 5.41) is 7.67. The third-order valence-corrected chi connectivity index (χ3v) is 5.01. The zero-order valence-corrected chi connectivity index (χ0v) is 15.0. The Morgan fingerprint density at radius 2 is 2.16 bits per heavy atom. The molecular formula is C19H24N6. The van der Waals surface area contributed by atoms with Gasteiger partial charge in [-0.25, -0.2) is 14.5 Å². The number of nitrogens with zero attached hydrogens (tertiary/aromatic N) is 5. The quantitative estimate of drug-likeness (QED) is 0.793. The maximum absolute atomic E-state index is 4.72. The van der Waals surface area contributed by atoms with Gasteiger partial charge in [-0.2, -0.15) is 5.10 Å². The minimum atomic E-state index is 0.427. The van der Waals surface area contributed by atoms with E-state index in [9.17, 15) is 0 Å². The van der Waals surface area contributed by atoms with E-state index in [1.54, 1.807) is 0 Å². The number of rotatable bonds is 4. The summed E-state index contributed by atoms with van der Waals surface area (Å²) in [6.07, 6.45) is 6.25. The van der Waals surface area contributed by atoms with Gasteiger partial charge in [0.1, 0.15) is 5.82 Å². The Morgan fingerprint density at radius 1 is 1.28 bits per heavy atom. The molecule has 0 amide bonds. The van der Waals surface area contributed by atoms with Crippen LogP contribution in [0.5, 0.6) is 0 Å². The molecule has 0 aromatic carbocycles. The highest BCUT2D eigenvalue weighted by Crippen LogP contribution is 2.34. The summed E-state index contributed by atoms with van der Waals surface area (Å²) < 4.78 is 1.94. The molecule has 4 heterocycles. The summed E-state index contributed by atoms with van der Waals surface area (Å²) in [5.41, 5.74) is 5.67. The Labute approximate surface area is 147 Å². The highest BCUT2D eigenvalue weighted by atomic mass is 15.3. The van der Waals surface area contributed by atoms with Crippen LogP contribution in [0.3, 0.4) is 0 Å². The zero-order valence-electron chi connectivity index (χ0n) is 15.0. The van der Waals surface area contributed by atoms with Crippen molar-refractivity contribution < 1.29 is 0 Å². The molecule has 1 N–H and O–H groups in total. The molecule has 0 unspecified atom stereocenters. The molecule has 130 valence electrons. The molecular weight excluding hydrogens is 312 g/mol. The van der Waals surface area contributed by atoms with Gasteiger partial charge in [0.15, 0.2) is 5.65 Å². The maximum Gasteiger partial charge on any atom is 0.159 e. The molecule has 3 aromatic heterocycles. The third kappa shape index (κ3) is 2.98. The van der Waals surface area contributed by atoms with E-state index in [0.29, 0.717) is 6.04 Å². The van der Waals surface area contributed by atoms with E-state index in [1.165, 1.54) is 24.0 Å². The SMILES string of the molecule is CNc1cc([C@@H]2CCCN2Cc2cnn3c(C)cc(C)nc23)ccn1. The van der Waals surface area contributed by atoms with Crippen LogP contribution in [0.1, 0.15) is 41.4 Å². The Hall–Kier alpha value is -2.47. The molecule has 25 heavy (non-hydrogen) atoms. The van der Waals surface area contributed by atoms with Crippen molar-refractivity contribution in [3.8, 4) is 0 Å². The van der Waals surface area contributed by atoms with Crippen molar-refractivity contribution in [3.05, 3.63) is 53.1 Å². The monoisotopic (exact) mass is 336 g/mol. The van der Waals surface area contributed by atoms with Gasteiger partial charge in [0.2, 0.25) is 0 Å². The van der Waals surface area contributed by atoms with Gasteiger partial charge in [0.05, 0.1) is 6.20 Å². The lowest BCUT2D eigenvalue weighted by Gasteiger charge is -2.24. The molecule has 3 aromatic rings. The van der Waals surface area contributed by atoms with E-state index in [1.807, 2.05) is 30.9 Å². The number of hydrogen-bond donors (Lipinski definition) is 1. The number of fused-ring (bicyclic) bond motifs is 1. The number of aromatic nitrogens is 4. The molecule has 6 nitrogen and oxygen atoms in total. The average Bonchev–Trinajstić information content (AvgIpc) is 3.23. The van der Waals surface area contributed by atoms with Crippen molar-refractivity contribution in [2.24, 2.45) is 0 Å². The standard InChI is InChI=1S/C19H24N6/c1-13-9-14(2)25-19(23-13)16(11-22-25)12-24-8-4-5-17(24)15-6-7-21-18(10-15)20-3/h6-7,9-11,17H,4-5,8,12H2,1-3H3,(H,20,21)/t17-/m0/s1. The fourth-order valence-corrected chi connectivity index (χ4v) is 3.83. The summed E-state index contributed by atoms with van der Waals surface area (Å²) in [7, 11) is 1.91. The van der Waals surface area contributed by atoms with Gasteiger partial charge in [-0.1, -0.05) is 0 Å². The minimum absolute atomic E-state index is 0.427. The lowest BCUT2D eigenvalue weighted by atomic mass is 10.1. The van der Waals surface area contributed by atoms with E-state index in [2.05, 4.69) is 45.4 Å². The summed E-state index contributed by atoms with van der Waals surface area (Å²) in [6, 6.07) is 6.78. The molecule has 0 aliphatic carbocycles. The summed E-state index contributed by atoms with van der Waals surface area (Å²) in [4.78, 5) is 11.6. The first-order valence-electron chi connectivity index (χ1n) is 8.84. The molecule has 0 saturated carbocycles. The predicted octanol–water partition coefficient (Wildman–Crippen LogP) is 3.12. The molecule has 0 radical (unpaired) electrons. The van der Waals surface area contributed by atoms with Crippen LogP contribution in [0.15, 0.2) is 30.6 Å². The first kappa shape index (κ1) is 16.0. The maximum atomic E-state index is 4.72. The van der Waals surface area contributed by atoms with Gasteiger partial charge in [-0.05, 0) is 57.0 Å². The van der Waals surface area contributed by atoms with Crippen molar-refractivity contribution in [2.75, 3.05) is 18.9 Å². The number of anilines is 1. The second-order valence-electron chi connectivity index (χ2n) is 6.80. The summed E-state index contributed by atoms with van der Waals surface area (Å²) in [6.45, 7) is 6.09. The normalized spacial score (nSPS) is 18.1. The lowest BCUT2D eigenvalue weighted by Crippen LogP contribution is -2.23. The second-order valence-corrected chi connectivity index (χ2v) is 6.80. The van der Waals surface area contributed by atoms with Gasteiger partial charge in [-0.15, -0.1) is 0 Å². The smallest absolute Gasteiger partial charge is 0.159 e. The molecule has 0 bridgehead atoms. The van der Waals surface area contributed by atoms with E-state index in [-0.39, 0.29) is 0 Å². The highest BCUT2D eigenvalue weighted by Gasteiger charge is 2.27. The van der Waals surface area contributed by atoms with Gasteiger partial charge >= 0.3 is 0 Å². The molecule has 1 fully saturated rings. The fraction of sp³-hybridized carbons (Fsp3) is 0.421. The second kappa shape index (κ2) is 6.44. The fourth-order valence-electron chi connectivity index (χ4n) is 3.83. The first-order valence-corrected chi connectivity index (χ1v) is 8.84. The number of likely N-dealkylation sites (tertiary alicyclic amines) is 1. The van der Waals surface area contributed by atoms with Crippen molar-refractivity contribution >= 4 is 11.5 Å². The van der Waals surface area contributed by atoms with Gasteiger partial charge in [0.25, 0.3) is 0 Å². The Kier molecular flexibility index (Phi) is 4.13. The largest absolute Gasteiger partial charge is 0.373 e. The van der Waals surface area contributed by atoms with E-state index in [0.717, 1.165) is 35.9 Å². The van der Waals surface area contributed by atoms with Crippen molar-refractivity contribution in [3.63, 3.8) is 0 Å². The summed E-state index contributed by atoms with van der Waals surface area (Å²) in [5.74, 6) is 0.924. The van der Waals surface area contributed by atoms with Crippen molar-refractivity contribution in [2.45, 2.75) is 39.3 Å². The predicted molar refractivity (Wildman–Crippen MR) is 98.6 cm³/mol. The van der Waals surface area contributed by atoms with E-state index >= 15 is 0 Å². The van der Waals surface area contributed by atoms with Crippen molar-refractivity contribution in [1.29, 1.82) is 0 Å². The van der Waals surface area contributed by atoms with Gasteiger partial charge < -0.3 is 5.32 Å². The number of pyridine rings is 1. The van der Waals surface area contributed by atoms with E-state index < -0.39 is 0 Å². The lowest BCUT2D eigenvalue weighted by molar-refractivity contribution is 0.249. The first-order chi connectivity index (χ1) is 12.2.